The molecule has 0 bridgehead atoms. The lowest BCUT2D eigenvalue weighted by Gasteiger charge is -2.05. The second-order valence-corrected chi connectivity index (χ2v) is 5.80. The van der Waals surface area contributed by atoms with Crippen molar-refractivity contribution in [2.24, 2.45) is 5.10 Å². The summed E-state index contributed by atoms with van der Waals surface area (Å²) < 4.78 is 11.4. The summed E-state index contributed by atoms with van der Waals surface area (Å²) >= 11 is 3.41. The number of hydrazone groups is 1. The van der Waals surface area contributed by atoms with Gasteiger partial charge in [-0.15, -0.1) is 0 Å². The predicted molar refractivity (Wildman–Crippen MR) is 97.7 cm³/mol. The van der Waals surface area contributed by atoms with Crippen LogP contribution < -0.4 is 14.9 Å². The minimum absolute atomic E-state index is 0.178. The van der Waals surface area contributed by atoms with Crippen LogP contribution in [0.5, 0.6) is 11.5 Å². The topological polar surface area (TPSA) is 59.9 Å². The number of methoxy groups -OCH3 is 1. The lowest BCUT2D eigenvalue weighted by atomic mass is 10.1. The maximum absolute atomic E-state index is 11.9. The normalized spacial score (nSPS) is 10.6. The van der Waals surface area contributed by atoms with Gasteiger partial charge in [0.1, 0.15) is 11.5 Å². The van der Waals surface area contributed by atoms with E-state index in [1.807, 2.05) is 49.4 Å². The van der Waals surface area contributed by atoms with Gasteiger partial charge in [0.05, 0.1) is 30.8 Å². The molecule has 0 saturated heterocycles. The number of hydrogen-bond acceptors (Lipinski definition) is 4. The van der Waals surface area contributed by atoms with Crippen molar-refractivity contribution in [3.8, 4) is 11.5 Å². The molecule has 2 aromatic rings. The molecule has 0 aromatic heterocycles. The van der Waals surface area contributed by atoms with Crippen molar-refractivity contribution in [1.82, 2.24) is 5.43 Å². The second kappa shape index (κ2) is 9.08. The van der Waals surface area contributed by atoms with E-state index in [1.54, 1.807) is 13.3 Å². The van der Waals surface area contributed by atoms with Crippen LogP contribution in [0.15, 0.2) is 52.0 Å². The number of benzene rings is 2. The van der Waals surface area contributed by atoms with Gasteiger partial charge >= 0.3 is 0 Å². The fourth-order valence-corrected chi connectivity index (χ4v) is 2.60. The second-order valence-electron chi connectivity index (χ2n) is 4.94. The third kappa shape index (κ3) is 5.38. The standard InChI is InChI=1S/C18H19BrN2O3/c1-3-24-15-7-4-13(5-8-15)11-18(22)21-20-12-14-6-9-17(23-2)16(19)10-14/h4-10,12H,3,11H2,1-2H3,(H,21,22)/b20-12+. The molecule has 0 aliphatic carbocycles. The van der Waals surface area contributed by atoms with Crippen LogP contribution in [0, 0.1) is 0 Å². The van der Waals surface area contributed by atoms with E-state index in [4.69, 9.17) is 9.47 Å². The molecule has 126 valence electrons. The van der Waals surface area contributed by atoms with Crippen molar-refractivity contribution >= 4 is 28.1 Å². The molecule has 0 unspecified atom stereocenters. The summed E-state index contributed by atoms with van der Waals surface area (Å²) in [5.41, 5.74) is 4.27. The van der Waals surface area contributed by atoms with E-state index < -0.39 is 0 Å². The fourth-order valence-electron chi connectivity index (χ4n) is 2.04. The molecular weight excluding hydrogens is 372 g/mol. The summed E-state index contributed by atoms with van der Waals surface area (Å²) in [7, 11) is 1.61. The van der Waals surface area contributed by atoms with Gasteiger partial charge in [-0.2, -0.15) is 5.10 Å². The Labute approximate surface area is 149 Å². The highest BCUT2D eigenvalue weighted by Gasteiger charge is 2.03. The molecule has 0 atom stereocenters. The summed E-state index contributed by atoms with van der Waals surface area (Å²) in [4.78, 5) is 11.9. The largest absolute Gasteiger partial charge is 0.496 e. The Bertz CT molecular complexity index is 715. The van der Waals surface area contributed by atoms with E-state index in [9.17, 15) is 4.79 Å². The first-order chi connectivity index (χ1) is 11.6. The Morgan fingerprint density at radius 1 is 1.25 bits per heavy atom. The quantitative estimate of drug-likeness (QED) is 0.580. The van der Waals surface area contributed by atoms with Crippen LogP contribution in [0.1, 0.15) is 18.1 Å². The van der Waals surface area contributed by atoms with Crippen molar-refractivity contribution in [2.45, 2.75) is 13.3 Å². The van der Waals surface area contributed by atoms with Crippen molar-refractivity contribution in [3.63, 3.8) is 0 Å². The molecular formula is C18H19BrN2O3. The zero-order chi connectivity index (χ0) is 17.4. The molecule has 0 aliphatic heterocycles. The molecule has 0 aliphatic rings. The number of nitrogens with zero attached hydrogens (tertiary/aromatic N) is 1. The average molecular weight is 391 g/mol. The highest BCUT2D eigenvalue weighted by atomic mass is 79.9. The number of carbonyl (C=O) groups excluding carboxylic acids is 1. The Kier molecular flexibility index (Phi) is 6.81. The fraction of sp³-hybridized carbons (Fsp3) is 0.222. The SMILES string of the molecule is CCOc1ccc(CC(=O)N/N=C/c2ccc(OC)c(Br)c2)cc1. The van der Waals surface area contributed by atoms with Crippen LogP contribution >= 0.6 is 15.9 Å². The number of carbonyl (C=O) groups is 1. The van der Waals surface area contributed by atoms with Gasteiger partial charge in [-0.05, 0) is 64.3 Å². The maximum Gasteiger partial charge on any atom is 0.244 e. The van der Waals surface area contributed by atoms with E-state index >= 15 is 0 Å². The number of rotatable bonds is 7. The zero-order valence-corrected chi connectivity index (χ0v) is 15.2. The van der Waals surface area contributed by atoms with E-state index in [1.165, 1.54) is 0 Å². The molecule has 0 fully saturated rings. The van der Waals surface area contributed by atoms with E-state index in [2.05, 4.69) is 26.5 Å². The first-order valence-corrected chi connectivity index (χ1v) is 8.29. The summed E-state index contributed by atoms with van der Waals surface area (Å²) in [5, 5.41) is 3.97. The highest BCUT2D eigenvalue weighted by Crippen LogP contribution is 2.24. The van der Waals surface area contributed by atoms with Gasteiger partial charge in [0.2, 0.25) is 5.91 Å². The van der Waals surface area contributed by atoms with Gasteiger partial charge < -0.3 is 9.47 Å². The van der Waals surface area contributed by atoms with Gasteiger partial charge in [0.15, 0.2) is 0 Å². The molecule has 1 N–H and O–H groups in total. The van der Waals surface area contributed by atoms with E-state index in [-0.39, 0.29) is 12.3 Å². The molecule has 6 heteroatoms. The Morgan fingerprint density at radius 2 is 2.00 bits per heavy atom. The number of halogens is 1. The monoisotopic (exact) mass is 390 g/mol. The van der Waals surface area contributed by atoms with Gasteiger partial charge in [0, 0.05) is 0 Å². The Morgan fingerprint density at radius 3 is 2.62 bits per heavy atom. The van der Waals surface area contributed by atoms with E-state index in [0.29, 0.717) is 6.61 Å². The van der Waals surface area contributed by atoms with E-state index in [0.717, 1.165) is 27.1 Å². The predicted octanol–water partition coefficient (Wildman–Crippen LogP) is 3.55. The third-order valence-electron chi connectivity index (χ3n) is 3.18. The maximum atomic E-state index is 11.9. The van der Waals surface area contributed by atoms with Crippen LogP contribution in [0.3, 0.4) is 0 Å². The molecule has 5 nitrogen and oxygen atoms in total. The summed E-state index contributed by atoms with van der Waals surface area (Å²) in [6.07, 6.45) is 1.84. The molecule has 2 rings (SSSR count). The minimum Gasteiger partial charge on any atom is -0.496 e. The Hall–Kier alpha value is -2.34. The third-order valence-corrected chi connectivity index (χ3v) is 3.80. The molecule has 0 saturated carbocycles. The summed E-state index contributed by atoms with van der Waals surface area (Å²) in [6.45, 7) is 2.55. The van der Waals surface area contributed by atoms with Gasteiger partial charge in [-0.3, -0.25) is 4.79 Å². The molecule has 1 amide bonds. The first-order valence-electron chi connectivity index (χ1n) is 7.49. The number of amides is 1. The summed E-state index contributed by atoms with van der Waals surface area (Å²) in [6, 6.07) is 13.0. The van der Waals surface area contributed by atoms with Gasteiger partial charge in [-0.1, -0.05) is 12.1 Å². The van der Waals surface area contributed by atoms with Gasteiger partial charge in [-0.25, -0.2) is 5.43 Å². The van der Waals surface area contributed by atoms with Crippen molar-refractivity contribution in [1.29, 1.82) is 0 Å². The van der Waals surface area contributed by atoms with Crippen LogP contribution in [0.25, 0.3) is 0 Å². The van der Waals surface area contributed by atoms with Crippen LogP contribution in [0.4, 0.5) is 0 Å². The lowest BCUT2D eigenvalue weighted by molar-refractivity contribution is -0.120. The molecule has 0 heterocycles. The van der Waals surface area contributed by atoms with Crippen LogP contribution in [-0.4, -0.2) is 25.8 Å². The first kappa shape index (κ1) is 18.0. The molecule has 24 heavy (non-hydrogen) atoms. The Balaban J connectivity index is 1.87. The molecule has 2 aromatic carbocycles. The smallest absolute Gasteiger partial charge is 0.244 e. The lowest BCUT2D eigenvalue weighted by Crippen LogP contribution is -2.19. The molecule has 0 spiro atoms. The van der Waals surface area contributed by atoms with Crippen molar-refractivity contribution in [3.05, 3.63) is 58.1 Å². The minimum atomic E-state index is -0.178. The van der Waals surface area contributed by atoms with Crippen LogP contribution in [0.2, 0.25) is 0 Å². The van der Waals surface area contributed by atoms with Crippen molar-refractivity contribution in [2.75, 3.05) is 13.7 Å². The zero-order valence-electron chi connectivity index (χ0n) is 13.6. The van der Waals surface area contributed by atoms with Crippen molar-refractivity contribution < 1.29 is 14.3 Å². The van der Waals surface area contributed by atoms with Gasteiger partial charge in [0.25, 0.3) is 0 Å². The average Bonchev–Trinajstić information content (AvgIpc) is 2.57. The molecule has 0 radical (unpaired) electrons. The number of nitrogens with one attached hydrogen (secondary N) is 1. The number of hydrogen-bond donors (Lipinski definition) is 1. The number of ether oxygens (including phenoxy) is 2. The summed E-state index contributed by atoms with van der Waals surface area (Å²) in [5.74, 6) is 1.36. The van der Waals surface area contributed by atoms with Crippen LogP contribution in [-0.2, 0) is 11.2 Å². The highest BCUT2D eigenvalue weighted by molar-refractivity contribution is 9.10.